The Bertz CT molecular complexity index is 1080. The summed E-state index contributed by atoms with van der Waals surface area (Å²) in [5, 5.41) is 1.13. The molecule has 0 saturated carbocycles. The van der Waals surface area contributed by atoms with E-state index in [0.29, 0.717) is 28.1 Å². The second-order valence-corrected chi connectivity index (χ2v) is 9.73. The average molecular weight is 461 g/mol. The van der Waals surface area contributed by atoms with Crippen molar-refractivity contribution < 1.29 is 14.3 Å². The smallest absolute Gasteiger partial charge is 0.322 e. The van der Waals surface area contributed by atoms with Crippen LogP contribution < -0.4 is 4.90 Å². The van der Waals surface area contributed by atoms with Crippen molar-refractivity contribution in [2.45, 2.75) is 30.7 Å². The predicted octanol–water partition coefficient (Wildman–Crippen LogP) is 4.55. The van der Waals surface area contributed by atoms with E-state index in [1.54, 1.807) is 6.92 Å². The third-order valence-electron chi connectivity index (χ3n) is 5.04. The number of carbonyl (C=O) groups is 1. The number of morpholine rings is 1. The van der Waals surface area contributed by atoms with Gasteiger partial charge < -0.3 is 19.4 Å². The average Bonchev–Trinajstić information content (AvgIpc) is 3.14. The molecule has 0 atom stereocenters. The number of imidazole rings is 1. The molecule has 9 heteroatoms. The van der Waals surface area contributed by atoms with Crippen molar-refractivity contribution in [2.75, 3.05) is 37.8 Å². The van der Waals surface area contributed by atoms with Crippen molar-refractivity contribution >= 4 is 46.2 Å². The van der Waals surface area contributed by atoms with E-state index in [1.165, 1.54) is 11.8 Å². The minimum atomic E-state index is -0.772. The Labute approximate surface area is 190 Å². The molecule has 1 N–H and O–H groups in total. The molecule has 0 amide bonds. The number of anilines is 1. The fourth-order valence-corrected chi connectivity index (χ4v) is 4.57. The largest absolute Gasteiger partial charge is 0.465 e. The monoisotopic (exact) mass is 460 g/mol. The zero-order valence-electron chi connectivity index (χ0n) is 17.8. The third-order valence-corrected chi connectivity index (χ3v) is 6.39. The second kappa shape index (κ2) is 9.06. The molecule has 164 valence electrons. The van der Waals surface area contributed by atoms with Crippen LogP contribution in [0.25, 0.3) is 22.4 Å². The van der Waals surface area contributed by atoms with E-state index >= 15 is 0 Å². The molecule has 3 aromatic rings. The number of nitrogens with one attached hydrogen (secondary N) is 1. The van der Waals surface area contributed by atoms with Crippen LogP contribution in [0.4, 0.5) is 5.69 Å². The summed E-state index contributed by atoms with van der Waals surface area (Å²) in [5.74, 6) is -0.285. The summed E-state index contributed by atoms with van der Waals surface area (Å²) in [6, 6.07) is 10.0. The minimum absolute atomic E-state index is 0.285. The lowest BCUT2D eigenvalue weighted by molar-refractivity contribution is -0.145. The van der Waals surface area contributed by atoms with Gasteiger partial charge in [-0.3, -0.25) is 4.79 Å². The number of hydrogen-bond donors (Lipinski definition) is 1. The van der Waals surface area contributed by atoms with Crippen molar-refractivity contribution in [2.24, 2.45) is 0 Å². The number of halogens is 1. The summed E-state index contributed by atoms with van der Waals surface area (Å²) in [4.78, 5) is 26.9. The molecule has 1 aliphatic heterocycles. The molecule has 1 saturated heterocycles. The van der Waals surface area contributed by atoms with E-state index in [-0.39, 0.29) is 5.97 Å². The van der Waals surface area contributed by atoms with Gasteiger partial charge >= 0.3 is 5.97 Å². The Morgan fingerprint density at radius 3 is 2.65 bits per heavy atom. The Balaban J connectivity index is 1.58. The first-order valence-corrected chi connectivity index (χ1v) is 11.4. The van der Waals surface area contributed by atoms with Crippen molar-refractivity contribution in [1.29, 1.82) is 0 Å². The van der Waals surface area contributed by atoms with Gasteiger partial charge in [0.1, 0.15) is 4.75 Å². The lowest BCUT2D eigenvalue weighted by Gasteiger charge is -2.28. The number of aromatic nitrogens is 3. The quantitative estimate of drug-likeness (QED) is 0.427. The van der Waals surface area contributed by atoms with Crippen molar-refractivity contribution in [3.8, 4) is 11.3 Å². The lowest BCUT2D eigenvalue weighted by Crippen LogP contribution is -2.36. The molecule has 7 nitrogen and oxygen atoms in total. The number of benzene rings is 1. The highest BCUT2D eigenvalue weighted by Crippen LogP contribution is 2.35. The van der Waals surface area contributed by atoms with Gasteiger partial charge in [0.15, 0.2) is 10.8 Å². The number of rotatable bonds is 6. The Hall–Kier alpha value is -2.29. The highest BCUT2D eigenvalue weighted by Gasteiger charge is 2.32. The standard InChI is InChI=1S/C22H25ClN4O3S/c1-4-30-20(28)22(2,3)31-21-24-17-13-16(23)18(25-19(17)26-21)14-5-7-15(8-6-14)27-9-11-29-12-10-27/h5-8,13H,4,9-12H2,1-3H3,(H,24,25,26). The molecule has 4 rings (SSSR count). The van der Waals surface area contributed by atoms with Gasteiger partial charge in [-0.25, -0.2) is 9.97 Å². The number of H-pyrrole nitrogens is 1. The maximum atomic E-state index is 12.2. The molecule has 0 aliphatic carbocycles. The molecule has 0 bridgehead atoms. The van der Waals surface area contributed by atoms with Crippen LogP contribution in [-0.2, 0) is 14.3 Å². The highest BCUT2D eigenvalue weighted by molar-refractivity contribution is 8.01. The number of fused-ring (bicyclic) bond motifs is 1. The third kappa shape index (κ3) is 4.81. The molecule has 0 spiro atoms. The zero-order valence-corrected chi connectivity index (χ0v) is 19.3. The normalized spacial score (nSPS) is 14.8. The van der Waals surface area contributed by atoms with E-state index in [4.69, 9.17) is 21.1 Å². The predicted molar refractivity (Wildman–Crippen MR) is 124 cm³/mol. The molecule has 1 aliphatic rings. The van der Waals surface area contributed by atoms with Crippen molar-refractivity contribution in [3.05, 3.63) is 35.4 Å². The number of esters is 1. The van der Waals surface area contributed by atoms with E-state index in [1.807, 2.05) is 32.0 Å². The number of nitrogens with zero attached hydrogens (tertiary/aromatic N) is 3. The van der Waals surface area contributed by atoms with Crippen molar-refractivity contribution in [1.82, 2.24) is 15.0 Å². The van der Waals surface area contributed by atoms with Crippen LogP contribution in [0.3, 0.4) is 0 Å². The summed E-state index contributed by atoms with van der Waals surface area (Å²) >= 11 is 7.85. The lowest BCUT2D eigenvalue weighted by atomic mass is 10.1. The Morgan fingerprint density at radius 1 is 1.26 bits per heavy atom. The van der Waals surface area contributed by atoms with Gasteiger partial charge in [0.25, 0.3) is 0 Å². The van der Waals surface area contributed by atoms with Crippen LogP contribution in [-0.4, -0.2) is 58.6 Å². The maximum absolute atomic E-state index is 12.2. The number of aromatic amines is 1. The molecule has 0 radical (unpaired) electrons. The molecule has 1 aromatic carbocycles. The number of thioether (sulfide) groups is 1. The topological polar surface area (TPSA) is 80.3 Å². The summed E-state index contributed by atoms with van der Waals surface area (Å²) in [7, 11) is 0. The first kappa shape index (κ1) is 21.9. The molecule has 0 unspecified atom stereocenters. The fourth-order valence-electron chi connectivity index (χ4n) is 3.39. The number of hydrogen-bond acceptors (Lipinski definition) is 7. The van der Waals surface area contributed by atoms with E-state index < -0.39 is 4.75 Å². The summed E-state index contributed by atoms with van der Waals surface area (Å²) in [6.07, 6.45) is 0. The van der Waals surface area contributed by atoms with E-state index in [9.17, 15) is 4.79 Å². The summed E-state index contributed by atoms with van der Waals surface area (Å²) in [6.45, 7) is 9.03. The highest BCUT2D eigenvalue weighted by atomic mass is 35.5. The minimum Gasteiger partial charge on any atom is -0.465 e. The van der Waals surface area contributed by atoms with Gasteiger partial charge in [0.2, 0.25) is 0 Å². The van der Waals surface area contributed by atoms with E-state index in [0.717, 1.165) is 43.1 Å². The van der Waals surface area contributed by atoms with Crippen LogP contribution in [0.15, 0.2) is 35.5 Å². The number of pyridine rings is 1. The fraction of sp³-hybridized carbons (Fsp3) is 0.409. The van der Waals surface area contributed by atoms with Crippen LogP contribution in [0.2, 0.25) is 5.02 Å². The van der Waals surface area contributed by atoms with E-state index in [2.05, 4.69) is 32.0 Å². The molecular formula is C22H25ClN4O3S. The van der Waals surface area contributed by atoms with Gasteiger partial charge in [0, 0.05) is 24.3 Å². The Kier molecular flexibility index (Phi) is 6.41. The molecule has 3 heterocycles. The van der Waals surface area contributed by atoms with Crippen LogP contribution in [0.5, 0.6) is 0 Å². The zero-order chi connectivity index (χ0) is 22.0. The van der Waals surface area contributed by atoms with Gasteiger partial charge in [-0.2, -0.15) is 0 Å². The number of carbonyl (C=O) groups excluding carboxylic acids is 1. The summed E-state index contributed by atoms with van der Waals surface area (Å²) < 4.78 is 9.80. The Morgan fingerprint density at radius 2 is 1.97 bits per heavy atom. The SMILES string of the molecule is CCOC(=O)C(C)(C)Sc1nc2nc(-c3ccc(N4CCOCC4)cc3)c(Cl)cc2[nH]1. The van der Waals surface area contributed by atoms with Crippen molar-refractivity contribution in [3.63, 3.8) is 0 Å². The molecular weight excluding hydrogens is 436 g/mol. The first-order chi connectivity index (χ1) is 14.9. The van der Waals surface area contributed by atoms with Crippen LogP contribution in [0, 0.1) is 0 Å². The maximum Gasteiger partial charge on any atom is 0.322 e. The van der Waals surface area contributed by atoms with Crippen LogP contribution >= 0.6 is 23.4 Å². The van der Waals surface area contributed by atoms with Gasteiger partial charge in [0.05, 0.1) is 36.1 Å². The van der Waals surface area contributed by atoms with Gasteiger partial charge in [-0.15, -0.1) is 0 Å². The van der Waals surface area contributed by atoms with Gasteiger partial charge in [-0.05, 0) is 39.0 Å². The second-order valence-electron chi connectivity index (χ2n) is 7.71. The number of ether oxygens (including phenoxy) is 2. The van der Waals surface area contributed by atoms with Gasteiger partial charge in [-0.1, -0.05) is 35.5 Å². The molecule has 31 heavy (non-hydrogen) atoms. The molecule has 1 fully saturated rings. The first-order valence-electron chi connectivity index (χ1n) is 10.2. The summed E-state index contributed by atoms with van der Waals surface area (Å²) in [5.41, 5.74) is 4.03. The van der Waals surface area contributed by atoms with Crippen LogP contribution in [0.1, 0.15) is 20.8 Å². The molecule has 2 aromatic heterocycles.